The fourth-order valence-corrected chi connectivity index (χ4v) is 6.25. The highest BCUT2D eigenvalue weighted by Crippen LogP contribution is 2.40. The highest BCUT2D eigenvalue weighted by molar-refractivity contribution is 7.67. The van der Waals surface area contributed by atoms with Crippen LogP contribution in [0.3, 0.4) is 0 Å². The Morgan fingerprint density at radius 1 is 1.18 bits per heavy atom. The van der Waals surface area contributed by atoms with Crippen molar-refractivity contribution in [2.24, 2.45) is 5.92 Å². The molecule has 33 heavy (non-hydrogen) atoms. The van der Waals surface area contributed by atoms with Gasteiger partial charge in [0.05, 0.1) is 6.61 Å². The largest absolute Gasteiger partial charge is 0.500 e. The maximum atomic E-state index is 14.0. The van der Waals surface area contributed by atoms with E-state index in [9.17, 15) is 14.2 Å². The average molecular weight is 502 g/mol. The Hall–Kier alpha value is -2.20. The summed E-state index contributed by atoms with van der Waals surface area (Å²) in [4.78, 5) is 27.6. The molecule has 0 radical (unpaired) electrons. The molecule has 0 aliphatic heterocycles. The number of nitrogen functional groups attached to an aromatic ring is 1. The van der Waals surface area contributed by atoms with Gasteiger partial charge < -0.3 is 24.4 Å². The highest BCUT2D eigenvalue weighted by atomic mass is 32.1. The smallest absolute Gasteiger partial charge is 0.465 e. The number of hydrogen-bond donors (Lipinski definition) is 3. The minimum atomic E-state index is -3.76. The molecule has 0 aliphatic rings. The summed E-state index contributed by atoms with van der Waals surface area (Å²) in [7, 11) is -3.76. The van der Waals surface area contributed by atoms with Gasteiger partial charge in [-0.3, -0.25) is 9.36 Å². The SMILES string of the molecule is CCOC(=O)[C@H](C)NP(=O)(N[C@@H](C)C(=[OH+])OCC)c1ccc(-c2nc(N)sc2CC(C)C)o1. The lowest BCUT2D eigenvalue weighted by atomic mass is 10.1. The van der Waals surface area contributed by atoms with Crippen LogP contribution in [0.25, 0.3) is 11.5 Å². The first-order valence-corrected chi connectivity index (χ1v) is 13.4. The molecule has 0 amide bonds. The van der Waals surface area contributed by atoms with E-state index in [4.69, 9.17) is 19.6 Å². The van der Waals surface area contributed by atoms with Gasteiger partial charge in [0.2, 0.25) is 0 Å². The molecular formula is C21H34N4O6PS+. The Kier molecular flexibility index (Phi) is 9.66. The molecule has 10 nitrogen and oxygen atoms in total. The van der Waals surface area contributed by atoms with Gasteiger partial charge in [0.1, 0.15) is 11.7 Å². The van der Waals surface area contributed by atoms with Crippen LogP contribution in [-0.4, -0.2) is 47.0 Å². The third-order valence-corrected chi connectivity index (χ3v) is 7.77. The van der Waals surface area contributed by atoms with Gasteiger partial charge >= 0.3 is 11.9 Å². The lowest BCUT2D eigenvalue weighted by Crippen LogP contribution is -2.44. The second kappa shape index (κ2) is 11.8. The van der Waals surface area contributed by atoms with Crippen molar-refractivity contribution < 1.29 is 28.0 Å². The Balaban J connectivity index is 2.42. The Morgan fingerprint density at radius 2 is 1.82 bits per heavy atom. The van der Waals surface area contributed by atoms with Crippen LogP contribution >= 0.6 is 18.8 Å². The summed E-state index contributed by atoms with van der Waals surface area (Å²) in [5.74, 6) is -0.104. The van der Waals surface area contributed by atoms with Crippen molar-refractivity contribution in [3.63, 3.8) is 0 Å². The third kappa shape index (κ3) is 7.14. The molecule has 0 spiro atoms. The van der Waals surface area contributed by atoms with Crippen LogP contribution in [-0.2, 0) is 25.3 Å². The summed E-state index contributed by atoms with van der Waals surface area (Å²) >= 11 is 1.39. The zero-order chi connectivity index (χ0) is 24.8. The van der Waals surface area contributed by atoms with Crippen LogP contribution in [0.2, 0.25) is 0 Å². The molecule has 2 heterocycles. The summed E-state index contributed by atoms with van der Waals surface area (Å²) in [6.45, 7) is 11.1. The van der Waals surface area contributed by atoms with Crippen LogP contribution in [0, 0.1) is 5.92 Å². The minimum Gasteiger partial charge on any atom is -0.465 e. The van der Waals surface area contributed by atoms with E-state index in [1.807, 2.05) is 0 Å². The molecule has 0 bridgehead atoms. The summed E-state index contributed by atoms with van der Waals surface area (Å²) in [6.07, 6.45) is 0.766. The third-order valence-electron chi connectivity index (χ3n) is 4.50. The second-order valence-corrected chi connectivity index (χ2v) is 11.2. The molecule has 0 saturated heterocycles. The monoisotopic (exact) mass is 501 g/mol. The summed E-state index contributed by atoms with van der Waals surface area (Å²) in [5, 5.41) is 6.04. The molecule has 0 aliphatic carbocycles. The van der Waals surface area contributed by atoms with Gasteiger partial charge in [0, 0.05) is 4.88 Å². The van der Waals surface area contributed by atoms with E-state index >= 15 is 0 Å². The predicted octanol–water partition coefficient (Wildman–Crippen LogP) is 3.06. The van der Waals surface area contributed by atoms with Crippen LogP contribution in [0.4, 0.5) is 5.13 Å². The topological polar surface area (TPSA) is 150 Å². The molecule has 3 atom stereocenters. The number of nitrogens with one attached hydrogen (secondary N) is 2. The molecule has 2 aromatic heterocycles. The number of nitrogens with zero attached hydrogens (tertiary/aromatic N) is 1. The van der Waals surface area contributed by atoms with E-state index in [0.29, 0.717) is 22.5 Å². The van der Waals surface area contributed by atoms with Gasteiger partial charge in [0.25, 0.3) is 7.44 Å². The van der Waals surface area contributed by atoms with Crippen LogP contribution < -0.4 is 21.4 Å². The summed E-state index contributed by atoms with van der Waals surface area (Å²) in [6, 6.07) is 1.48. The first-order chi connectivity index (χ1) is 15.5. The van der Waals surface area contributed by atoms with E-state index in [0.717, 1.165) is 11.3 Å². The normalized spacial score (nSPS) is 15.1. The number of ether oxygens (including phenoxy) is 2. The van der Waals surface area contributed by atoms with E-state index in [1.165, 1.54) is 18.3 Å². The Bertz CT molecular complexity index is 975. The zero-order valence-corrected chi connectivity index (χ0v) is 21.6. The van der Waals surface area contributed by atoms with Crippen LogP contribution in [0.15, 0.2) is 16.5 Å². The molecule has 2 aromatic rings. The number of carbonyl (C=O) groups is 1. The molecular weight excluding hydrogens is 467 g/mol. The number of carbonyl (C=O) groups excluding carboxylic acids is 2. The standard InChI is InChI=1S/C21H33N4O6PS/c1-7-29-19(26)13(5)24-32(28,25-14(6)20(27)30-8-2)17-10-9-15(31-17)18-16(11-12(3)4)33-21(22)23-18/h9-10,12-14H,7-8,11H2,1-6H3,(H2,22,23)(H2,24,25,28)/p+1/t13-,14-/m0/s1. The van der Waals surface area contributed by atoms with Crippen molar-refractivity contribution in [1.82, 2.24) is 15.2 Å². The van der Waals surface area contributed by atoms with E-state index in [1.54, 1.807) is 32.9 Å². The van der Waals surface area contributed by atoms with Crippen molar-refractivity contribution in [3.8, 4) is 11.5 Å². The number of nitrogens with two attached hydrogens (primary N) is 1. The van der Waals surface area contributed by atoms with Crippen molar-refractivity contribution >= 4 is 41.4 Å². The predicted molar refractivity (Wildman–Crippen MR) is 130 cm³/mol. The first kappa shape index (κ1) is 27.0. The summed E-state index contributed by atoms with van der Waals surface area (Å²) in [5.41, 5.74) is 6.59. The number of aromatic nitrogens is 1. The number of esters is 2. The van der Waals surface area contributed by atoms with Crippen molar-refractivity contribution in [2.75, 3.05) is 18.9 Å². The van der Waals surface area contributed by atoms with E-state index < -0.39 is 25.5 Å². The van der Waals surface area contributed by atoms with Gasteiger partial charge in [-0.2, -0.15) is 0 Å². The number of thiazole rings is 1. The van der Waals surface area contributed by atoms with E-state index in [-0.39, 0.29) is 24.7 Å². The van der Waals surface area contributed by atoms with Crippen LogP contribution in [0.5, 0.6) is 0 Å². The maximum absolute atomic E-state index is 14.0. The minimum absolute atomic E-state index is 0.0619. The number of furan rings is 1. The van der Waals surface area contributed by atoms with E-state index in [2.05, 4.69) is 29.0 Å². The molecule has 1 unspecified atom stereocenters. The van der Waals surface area contributed by atoms with Crippen molar-refractivity contribution in [1.29, 1.82) is 0 Å². The second-order valence-electron chi connectivity index (χ2n) is 7.89. The van der Waals surface area contributed by atoms with Crippen LogP contribution in [0.1, 0.15) is 46.4 Å². The highest BCUT2D eigenvalue weighted by Gasteiger charge is 2.38. The van der Waals surface area contributed by atoms with Gasteiger partial charge in [-0.05, 0) is 52.2 Å². The lowest BCUT2D eigenvalue weighted by Gasteiger charge is -2.23. The molecule has 0 saturated carbocycles. The first-order valence-electron chi connectivity index (χ1n) is 10.9. The van der Waals surface area contributed by atoms with Gasteiger partial charge in [-0.15, -0.1) is 11.3 Å². The number of rotatable bonds is 12. The van der Waals surface area contributed by atoms with Gasteiger partial charge in [-0.1, -0.05) is 13.8 Å². The summed E-state index contributed by atoms with van der Waals surface area (Å²) < 4.78 is 30.1. The molecule has 0 aromatic carbocycles. The molecule has 0 fully saturated rings. The quantitative estimate of drug-likeness (QED) is 0.226. The molecule has 5 N–H and O–H groups in total. The van der Waals surface area contributed by atoms with Crippen molar-refractivity contribution in [2.45, 2.75) is 60.0 Å². The lowest BCUT2D eigenvalue weighted by molar-refractivity contribution is -0.144. The number of hydrogen-bond acceptors (Lipinski definition) is 8. The molecule has 12 heteroatoms. The fraction of sp³-hybridized carbons (Fsp3) is 0.571. The van der Waals surface area contributed by atoms with Crippen molar-refractivity contribution in [3.05, 3.63) is 17.0 Å². The van der Waals surface area contributed by atoms with Gasteiger partial charge in [0.15, 0.2) is 29.0 Å². The molecule has 184 valence electrons. The maximum Gasteiger partial charge on any atom is 0.500 e. The number of anilines is 1. The average Bonchev–Trinajstić information content (AvgIpc) is 3.34. The van der Waals surface area contributed by atoms with Gasteiger partial charge in [-0.25, -0.2) is 15.2 Å². The molecule has 2 rings (SSSR count). The Labute approximate surface area is 198 Å². The zero-order valence-electron chi connectivity index (χ0n) is 19.9. The fourth-order valence-electron chi connectivity index (χ4n) is 3.05. The Morgan fingerprint density at radius 3 is 2.42 bits per heavy atom.